The summed E-state index contributed by atoms with van der Waals surface area (Å²) in [5, 5.41) is 14.3. The van der Waals surface area contributed by atoms with Crippen LogP contribution < -0.4 is 10.1 Å². The van der Waals surface area contributed by atoms with Crippen LogP contribution in [0.3, 0.4) is 0 Å². The van der Waals surface area contributed by atoms with Crippen molar-refractivity contribution >= 4 is 34.8 Å². The normalized spacial score (nSPS) is 15.5. The summed E-state index contributed by atoms with van der Waals surface area (Å²) in [5.41, 5.74) is 2.70. The highest BCUT2D eigenvalue weighted by molar-refractivity contribution is 7.18. The van der Waals surface area contributed by atoms with Gasteiger partial charge in [-0.3, -0.25) is 9.59 Å². The van der Waals surface area contributed by atoms with Gasteiger partial charge in [-0.05, 0) is 48.1 Å². The Morgan fingerprint density at radius 3 is 2.15 bits per heavy atom. The van der Waals surface area contributed by atoms with Crippen LogP contribution in [0.2, 0.25) is 4.34 Å². The molecular weight excluding hydrogens is 628 g/mol. The number of ether oxygens (including phenoxy) is 1. The van der Waals surface area contributed by atoms with Crippen LogP contribution in [0, 0.1) is 11.8 Å². The van der Waals surface area contributed by atoms with E-state index in [4.69, 9.17) is 16.3 Å². The molecule has 6 nitrogen and oxygen atoms in total. The third-order valence-electron chi connectivity index (χ3n) is 9.13. The van der Waals surface area contributed by atoms with Gasteiger partial charge in [0.1, 0.15) is 18.4 Å². The van der Waals surface area contributed by atoms with Gasteiger partial charge in [0.2, 0.25) is 5.91 Å². The Morgan fingerprint density at radius 2 is 1.53 bits per heavy atom. The molecule has 47 heavy (non-hydrogen) atoms. The van der Waals surface area contributed by atoms with E-state index in [0.717, 1.165) is 48.8 Å². The number of carbonyl (C=O) groups excluding carboxylic acids is 2. The number of rotatable bonds is 14. The number of halogens is 1. The third-order valence-corrected chi connectivity index (χ3v) is 10.3. The molecule has 1 saturated carbocycles. The minimum Gasteiger partial charge on any atom is -0.489 e. The predicted octanol–water partition coefficient (Wildman–Crippen LogP) is 8.49. The first-order valence-electron chi connectivity index (χ1n) is 16.6. The molecule has 0 unspecified atom stereocenters. The lowest BCUT2D eigenvalue weighted by molar-refractivity contribution is -0.128. The molecule has 0 saturated heterocycles. The number of nitrogens with zero attached hydrogens (tertiary/aromatic N) is 1. The quantitative estimate of drug-likeness (QED) is 0.141. The van der Waals surface area contributed by atoms with Crippen LogP contribution in [-0.4, -0.2) is 40.5 Å². The van der Waals surface area contributed by atoms with E-state index in [0.29, 0.717) is 28.0 Å². The van der Waals surface area contributed by atoms with E-state index in [-0.39, 0.29) is 30.4 Å². The first kappa shape index (κ1) is 34.7. The Kier molecular flexibility index (Phi) is 12.5. The van der Waals surface area contributed by atoms with Gasteiger partial charge in [0.05, 0.1) is 15.3 Å². The van der Waals surface area contributed by atoms with Gasteiger partial charge in [0.15, 0.2) is 0 Å². The van der Waals surface area contributed by atoms with Crippen molar-refractivity contribution in [1.82, 2.24) is 10.2 Å². The Balaban J connectivity index is 1.66. The molecule has 8 heteroatoms. The van der Waals surface area contributed by atoms with Crippen LogP contribution in [0.5, 0.6) is 5.75 Å². The maximum atomic E-state index is 14.9. The number of amides is 2. The Bertz CT molecular complexity index is 1570. The van der Waals surface area contributed by atoms with E-state index in [1.54, 1.807) is 17.0 Å². The minimum atomic E-state index is -0.868. The minimum absolute atomic E-state index is 0.0341. The molecule has 4 aromatic rings. The highest BCUT2D eigenvalue weighted by atomic mass is 35.5. The zero-order valence-electron chi connectivity index (χ0n) is 27.2. The summed E-state index contributed by atoms with van der Waals surface area (Å²) in [6.07, 6.45) is 5.45. The molecule has 0 spiro atoms. The van der Waals surface area contributed by atoms with Crippen LogP contribution in [0.1, 0.15) is 78.4 Å². The van der Waals surface area contributed by atoms with Crippen molar-refractivity contribution in [2.24, 2.45) is 11.8 Å². The van der Waals surface area contributed by atoms with Gasteiger partial charge in [-0.25, -0.2) is 0 Å². The van der Waals surface area contributed by atoms with E-state index in [1.165, 1.54) is 11.3 Å². The molecule has 1 heterocycles. The number of aliphatic hydroxyl groups is 1. The van der Waals surface area contributed by atoms with Crippen molar-refractivity contribution in [2.45, 2.75) is 77.1 Å². The standard InChI is InChI=1S/C39H45ClN2O4S/c1-27(2)32(25-43)37(31-20-12-13-21-34(31)46-26-29-16-8-4-9-17-29)42(39(45)35-22-23-36(40)47-35)33(24-28-14-6-3-7-15-28)38(44)41-30-18-10-5-11-19-30/h3-4,6-9,12-17,20-23,27,30,32-33,37,43H,5,10-11,18-19,24-26H2,1-2H3,(H,41,44)/t32-,33-,37+/m0/s1. The van der Waals surface area contributed by atoms with Gasteiger partial charge in [0, 0.05) is 30.6 Å². The lowest BCUT2D eigenvalue weighted by atomic mass is 9.82. The predicted molar refractivity (Wildman–Crippen MR) is 190 cm³/mol. The van der Waals surface area contributed by atoms with Crippen LogP contribution >= 0.6 is 22.9 Å². The van der Waals surface area contributed by atoms with Gasteiger partial charge < -0.3 is 20.1 Å². The molecular formula is C39H45ClN2O4S. The molecule has 1 aliphatic rings. The fourth-order valence-electron chi connectivity index (χ4n) is 6.57. The summed E-state index contributed by atoms with van der Waals surface area (Å²) in [5.74, 6) is -0.327. The molecule has 0 radical (unpaired) electrons. The van der Waals surface area contributed by atoms with E-state index in [1.807, 2.05) is 98.8 Å². The third kappa shape index (κ3) is 9.04. The maximum Gasteiger partial charge on any atom is 0.265 e. The van der Waals surface area contributed by atoms with Crippen molar-refractivity contribution in [2.75, 3.05) is 6.61 Å². The van der Waals surface area contributed by atoms with Crippen molar-refractivity contribution in [3.05, 3.63) is 123 Å². The van der Waals surface area contributed by atoms with Gasteiger partial charge in [-0.1, -0.05) is 124 Å². The number of carbonyl (C=O) groups is 2. The van der Waals surface area contributed by atoms with Gasteiger partial charge in [-0.15, -0.1) is 11.3 Å². The summed E-state index contributed by atoms with van der Waals surface area (Å²) < 4.78 is 6.95. The highest BCUT2D eigenvalue weighted by Crippen LogP contribution is 2.42. The molecule has 0 aliphatic heterocycles. The molecule has 1 aliphatic carbocycles. The Labute approximate surface area is 287 Å². The van der Waals surface area contributed by atoms with Crippen LogP contribution in [0.4, 0.5) is 0 Å². The smallest absolute Gasteiger partial charge is 0.265 e. The number of hydrogen-bond acceptors (Lipinski definition) is 5. The number of nitrogens with one attached hydrogen (secondary N) is 1. The second kappa shape index (κ2) is 17.0. The van der Waals surface area contributed by atoms with Crippen molar-refractivity contribution < 1.29 is 19.4 Å². The fourth-order valence-corrected chi connectivity index (χ4v) is 7.56. The van der Waals surface area contributed by atoms with E-state index < -0.39 is 18.0 Å². The molecule has 5 rings (SSSR count). The largest absolute Gasteiger partial charge is 0.489 e. The first-order valence-corrected chi connectivity index (χ1v) is 17.8. The second-order valence-corrected chi connectivity index (χ2v) is 14.4. The van der Waals surface area contributed by atoms with Gasteiger partial charge >= 0.3 is 0 Å². The Hall–Kier alpha value is -3.65. The van der Waals surface area contributed by atoms with E-state index in [2.05, 4.69) is 5.32 Å². The van der Waals surface area contributed by atoms with Crippen molar-refractivity contribution in [3.63, 3.8) is 0 Å². The molecule has 1 fully saturated rings. The summed E-state index contributed by atoms with van der Waals surface area (Å²) in [6, 6.07) is 29.4. The van der Waals surface area contributed by atoms with Crippen molar-refractivity contribution in [3.8, 4) is 5.75 Å². The first-order chi connectivity index (χ1) is 22.9. The number of thiophene rings is 1. The van der Waals surface area contributed by atoms with Gasteiger partial charge in [-0.2, -0.15) is 0 Å². The van der Waals surface area contributed by atoms with Crippen molar-refractivity contribution in [1.29, 1.82) is 0 Å². The SMILES string of the molecule is CC(C)[C@H](CO)[C@@H](c1ccccc1OCc1ccccc1)N(C(=O)c1ccc(Cl)s1)[C@@H](Cc1ccccc1)C(=O)NC1CCCCC1. The number of benzene rings is 3. The topological polar surface area (TPSA) is 78.9 Å². The van der Waals surface area contributed by atoms with Crippen LogP contribution in [-0.2, 0) is 17.8 Å². The summed E-state index contributed by atoms with van der Waals surface area (Å²) in [7, 11) is 0. The summed E-state index contributed by atoms with van der Waals surface area (Å²) in [6.45, 7) is 4.23. The van der Waals surface area contributed by atoms with Crippen LogP contribution in [0.25, 0.3) is 0 Å². The maximum absolute atomic E-state index is 14.9. The molecule has 0 bridgehead atoms. The number of hydrogen-bond donors (Lipinski definition) is 2. The molecule has 248 valence electrons. The number of para-hydroxylation sites is 1. The average molecular weight is 673 g/mol. The van der Waals surface area contributed by atoms with Gasteiger partial charge in [0.25, 0.3) is 5.91 Å². The molecule has 3 atom stereocenters. The lowest BCUT2D eigenvalue weighted by Gasteiger charge is -2.43. The lowest BCUT2D eigenvalue weighted by Crippen LogP contribution is -2.56. The van der Waals surface area contributed by atoms with E-state index in [9.17, 15) is 14.7 Å². The van der Waals surface area contributed by atoms with E-state index >= 15 is 0 Å². The zero-order valence-corrected chi connectivity index (χ0v) is 28.8. The fraction of sp³-hybridized carbons (Fsp3) is 0.385. The summed E-state index contributed by atoms with van der Waals surface area (Å²) >= 11 is 7.58. The number of aliphatic hydroxyl groups excluding tert-OH is 1. The highest BCUT2D eigenvalue weighted by Gasteiger charge is 2.43. The second-order valence-electron chi connectivity index (χ2n) is 12.7. The Morgan fingerprint density at radius 1 is 0.894 bits per heavy atom. The zero-order chi connectivity index (χ0) is 33.2. The summed E-state index contributed by atoms with van der Waals surface area (Å²) in [4.78, 5) is 31.7. The molecule has 2 amide bonds. The van der Waals surface area contributed by atoms with Crippen LogP contribution in [0.15, 0.2) is 97.1 Å². The molecule has 3 aromatic carbocycles. The monoisotopic (exact) mass is 672 g/mol. The molecule has 2 N–H and O–H groups in total. The molecule has 1 aromatic heterocycles. The average Bonchev–Trinajstić information content (AvgIpc) is 3.54.